The van der Waals surface area contributed by atoms with Crippen LogP contribution in [-0.4, -0.2) is 4.57 Å². The zero-order valence-electron chi connectivity index (χ0n) is 12.5. The van der Waals surface area contributed by atoms with Crippen molar-refractivity contribution in [3.63, 3.8) is 0 Å². The molecule has 0 amide bonds. The summed E-state index contributed by atoms with van der Waals surface area (Å²) in [6.07, 6.45) is 4.75. The van der Waals surface area contributed by atoms with E-state index in [1.54, 1.807) is 0 Å². The Hall–Kier alpha value is -2.06. The normalized spacial score (nSPS) is 12.7. The third-order valence-electron chi connectivity index (χ3n) is 4.26. The fraction of sp³-hybridized carbons (Fsp3) is 0.211. The molecule has 3 aromatic rings. The Bertz CT molecular complexity index is 748. The Balaban J connectivity index is 0.00000144. The molecule has 0 bridgehead atoms. The van der Waals surface area contributed by atoms with Crippen molar-refractivity contribution < 1.29 is 4.57 Å². The van der Waals surface area contributed by atoms with E-state index >= 15 is 0 Å². The topological polar surface area (TPSA) is 8.81 Å². The van der Waals surface area contributed by atoms with Crippen LogP contribution in [0.2, 0.25) is 0 Å². The molecular formula is C19H20ClN2+. The molecule has 0 fully saturated rings. The first-order chi connectivity index (χ1) is 10.4. The van der Waals surface area contributed by atoms with Crippen molar-refractivity contribution in [1.29, 1.82) is 0 Å². The van der Waals surface area contributed by atoms with Gasteiger partial charge in [0.2, 0.25) is 0 Å². The van der Waals surface area contributed by atoms with Gasteiger partial charge in [-0.15, -0.1) is 12.4 Å². The molecule has 2 nitrogen and oxygen atoms in total. The second-order valence-electron chi connectivity index (χ2n) is 5.67. The molecule has 1 aromatic heterocycles. The maximum atomic E-state index is 2.48. The van der Waals surface area contributed by atoms with Crippen LogP contribution in [0.15, 0.2) is 66.9 Å². The monoisotopic (exact) mass is 311 g/mol. The highest BCUT2D eigenvalue weighted by atomic mass is 35.5. The van der Waals surface area contributed by atoms with Gasteiger partial charge in [0.05, 0.1) is 13.0 Å². The average Bonchev–Trinajstić information content (AvgIpc) is 3.13. The molecule has 0 aliphatic carbocycles. The summed E-state index contributed by atoms with van der Waals surface area (Å²) in [4.78, 5) is 0. The smallest absolute Gasteiger partial charge is 0.229 e. The highest BCUT2D eigenvalue weighted by molar-refractivity contribution is 5.85. The summed E-state index contributed by atoms with van der Waals surface area (Å²) in [5, 5.41) is 0. The van der Waals surface area contributed by atoms with Crippen molar-refractivity contribution >= 4 is 12.4 Å². The fourth-order valence-corrected chi connectivity index (χ4v) is 3.27. The first kappa shape index (κ1) is 14.9. The number of benzene rings is 2. The number of aromatic nitrogens is 2. The van der Waals surface area contributed by atoms with Gasteiger partial charge in [-0.05, 0) is 12.0 Å². The van der Waals surface area contributed by atoms with E-state index in [9.17, 15) is 0 Å². The van der Waals surface area contributed by atoms with E-state index in [-0.39, 0.29) is 12.4 Å². The van der Waals surface area contributed by atoms with Gasteiger partial charge in [-0.3, -0.25) is 0 Å². The Morgan fingerprint density at radius 1 is 0.909 bits per heavy atom. The molecule has 4 rings (SSSR count). The van der Waals surface area contributed by atoms with E-state index < -0.39 is 0 Å². The largest absolute Gasteiger partial charge is 0.257 e. The van der Waals surface area contributed by atoms with Crippen LogP contribution in [0.4, 0.5) is 0 Å². The van der Waals surface area contributed by atoms with Crippen molar-refractivity contribution in [3.8, 4) is 11.3 Å². The number of halogens is 1. The Labute approximate surface area is 137 Å². The number of fused-ring (bicyclic) bond motifs is 1. The van der Waals surface area contributed by atoms with Crippen LogP contribution in [0.1, 0.15) is 17.8 Å². The zero-order chi connectivity index (χ0) is 14.1. The molecule has 22 heavy (non-hydrogen) atoms. The molecule has 2 heterocycles. The van der Waals surface area contributed by atoms with E-state index in [4.69, 9.17) is 0 Å². The highest BCUT2D eigenvalue weighted by Crippen LogP contribution is 2.24. The number of hydrogen-bond acceptors (Lipinski definition) is 0. The number of rotatable bonds is 3. The fourth-order valence-electron chi connectivity index (χ4n) is 3.27. The van der Waals surface area contributed by atoms with Gasteiger partial charge in [0, 0.05) is 5.56 Å². The zero-order valence-corrected chi connectivity index (χ0v) is 13.3. The minimum atomic E-state index is 0. The Morgan fingerprint density at radius 3 is 2.32 bits per heavy atom. The van der Waals surface area contributed by atoms with Crippen LogP contribution in [0.25, 0.3) is 11.3 Å². The second kappa shape index (κ2) is 6.37. The summed E-state index contributed by atoms with van der Waals surface area (Å²) in [6, 6.07) is 21.4. The molecule has 0 N–H and O–H groups in total. The Morgan fingerprint density at radius 2 is 1.59 bits per heavy atom. The molecule has 1 aliphatic rings. The van der Waals surface area contributed by atoms with Crippen LogP contribution in [0, 0.1) is 0 Å². The molecular weight excluding hydrogens is 292 g/mol. The van der Waals surface area contributed by atoms with Gasteiger partial charge in [-0.2, -0.15) is 0 Å². The van der Waals surface area contributed by atoms with Gasteiger partial charge in [-0.25, -0.2) is 9.13 Å². The van der Waals surface area contributed by atoms with E-state index in [1.807, 2.05) is 0 Å². The first-order valence-electron chi connectivity index (χ1n) is 7.63. The summed E-state index contributed by atoms with van der Waals surface area (Å²) >= 11 is 0. The van der Waals surface area contributed by atoms with Crippen LogP contribution >= 0.6 is 12.4 Å². The van der Waals surface area contributed by atoms with Crippen molar-refractivity contribution in [2.75, 3.05) is 0 Å². The minimum absolute atomic E-state index is 0. The van der Waals surface area contributed by atoms with Crippen LogP contribution < -0.4 is 4.57 Å². The van der Waals surface area contributed by atoms with E-state index in [0.717, 1.165) is 13.1 Å². The lowest BCUT2D eigenvalue weighted by Gasteiger charge is -1.99. The van der Waals surface area contributed by atoms with Crippen LogP contribution in [-0.2, 0) is 19.5 Å². The van der Waals surface area contributed by atoms with Crippen molar-refractivity contribution in [3.05, 3.63) is 78.2 Å². The molecule has 0 spiro atoms. The minimum Gasteiger partial charge on any atom is -0.229 e. The number of imidazole rings is 1. The summed E-state index contributed by atoms with van der Waals surface area (Å²) < 4.78 is 4.91. The predicted molar refractivity (Wildman–Crippen MR) is 91.2 cm³/mol. The van der Waals surface area contributed by atoms with Gasteiger partial charge in [0.25, 0.3) is 5.82 Å². The van der Waals surface area contributed by atoms with E-state index in [0.29, 0.717) is 0 Å². The van der Waals surface area contributed by atoms with Crippen molar-refractivity contribution in [2.24, 2.45) is 0 Å². The van der Waals surface area contributed by atoms with E-state index in [1.165, 1.54) is 35.5 Å². The maximum Gasteiger partial charge on any atom is 0.257 e. The third-order valence-corrected chi connectivity index (χ3v) is 4.26. The second-order valence-corrected chi connectivity index (χ2v) is 5.67. The molecule has 112 valence electrons. The van der Waals surface area contributed by atoms with Gasteiger partial charge < -0.3 is 0 Å². The third kappa shape index (κ3) is 2.67. The standard InChI is InChI=1S/C19H19N2.ClH/c1-3-8-16(9-4-1)14-20-15-18(17-10-5-2-6-11-17)21-13-7-12-19(20)21;/h1-6,8-11,15H,7,12-14H2;1H/q+1;. The summed E-state index contributed by atoms with van der Waals surface area (Å²) in [7, 11) is 0. The predicted octanol–water partition coefficient (Wildman–Crippen LogP) is 3.86. The molecule has 0 unspecified atom stereocenters. The molecule has 1 aliphatic heterocycles. The van der Waals surface area contributed by atoms with Crippen LogP contribution in [0.5, 0.6) is 0 Å². The van der Waals surface area contributed by atoms with Gasteiger partial charge in [0.15, 0.2) is 5.69 Å². The van der Waals surface area contributed by atoms with E-state index in [2.05, 4.69) is 76.0 Å². The van der Waals surface area contributed by atoms with Crippen molar-refractivity contribution in [2.45, 2.75) is 25.9 Å². The molecule has 0 radical (unpaired) electrons. The molecule has 0 saturated carbocycles. The lowest BCUT2D eigenvalue weighted by atomic mass is 10.1. The average molecular weight is 312 g/mol. The SMILES string of the molecule is Cl.c1ccc(C[n+]2cc(-c3ccccc3)n3c2CCC3)cc1. The van der Waals surface area contributed by atoms with Gasteiger partial charge >= 0.3 is 0 Å². The van der Waals surface area contributed by atoms with Gasteiger partial charge in [-0.1, -0.05) is 60.7 Å². The number of nitrogens with zero attached hydrogens (tertiary/aromatic N) is 2. The molecule has 2 aromatic carbocycles. The van der Waals surface area contributed by atoms with Crippen LogP contribution in [0.3, 0.4) is 0 Å². The molecule has 0 atom stereocenters. The Kier molecular flexibility index (Phi) is 4.30. The first-order valence-corrected chi connectivity index (χ1v) is 7.63. The summed E-state index contributed by atoms with van der Waals surface area (Å²) in [6.45, 7) is 2.10. The summed E-state index contributed by atoms with van der Waals surface area (Å²) in [5.74, 6) is 1.46. The number of hydrogen-bond donors (Lipinski definition) is 0. The highest BCUT2D eigenvalue weighted by Gasteiger charge is 2.28. The lowest BCUT2D eigenvalue weighted by molar-refractivity contribution is -0.694. The van der Waals surface area contributed by atoms with Crippen molar-refractivity contribution in [1.82, 2.24) is 4.57 Å². The lowest BCUT2D eigenvalue weighted by Crippen LogP contribution is -2.36. The van der Waals surface area contributed by atoms with Gasteiger partial charge in [0.1, 0.15) is 12.7 Å². The summed E-state index contributed by atoms with van der Waals surface area (Å²) in [5.41, 5.74) is 4.02. The maximum absolute atomic E-state index is 2.48. The molecule has 3 heteroatoms. The molecule has 0 saturated heterocycles. The quantitative estimate of drug-likeness (QED) is 0.650.